The summed E-state index contributed by atoms with van der Waals surface area (Å²) >= 11 is 0. The van der Waals surface area contributed by atoms with Crippen LogP contribution in [0.25, 0.3) is 5.69 Å². The van der Waals surface area contributed by atoms with Gasteiger partial charge in [-0.1, -0.05) is 24.3 Å². The zero-order chi connectivity index (χ0) is 19.4. The third-order valence-electron chi connectivity index (χ3n) is 4.08. The normalized spacial score (nSPS) is 11.3. The SMILES string of the molecule is CNS(=O)(=O)c1cccc(C(=O)N(C)Cc2cnn(-c3ccccc3)c2)c1. The molecule has 0 bridgehead atoms. The van der Waals surface area contributed by atoms with E-state index in [9.17, 15) is 13.2 Å². The summed E-state index contributed by atoms with van der Waals surface area (Å²) in [5, 5.41) is 4.32. The average Bonchev–Trinajstić information content (AvgIpc) is 3.16. The van der Waals surface area contributed by atoms with E-state index < -0.39 is 10.0 Å². The fourth-order valence-electron chi connectivity index (χ4n) is 2.64. The van der Waals surface area contributed by atoms with Crippen LogP contribution >= 0.6 is 0 Å². The average molecular weight is 384 g/mol. The van der Waals surface area contributed by atoms with Gasteiger partial charge >= 0.3 is 0 Å². The highest BCUT2D eigenvalue weighted by Gasteiger charge is 2.17. The number of nitrogens with one attached hydrogen (secondary N) is 1. The highest BCUT2D eigenvalue weighted by molar-refractivity contribution is 7.89. The van der Waals surface area contributed by atoms with Crippen LogP contribution in [0.2, 0.25) is 0 Å². The molecule has 0 saturated carbocycles. The highest BCUT2D eigenvalue weighted by atomic mass is 32.2. The summed E-state index contributed by atoms with van der Waals surface area (Å²) in [5.41, 5.74) is 2.11. The lowest BCUT2D eigenvalue weighted by Crippen LogP contribution is -2.26. The first-order chi connectivity index (χ1) is 12.9. The molecule has 1 amide bonds. The van der Waals surface area contributed by atoms with Crippen LogP contribution in [-0.2, 0) is 16.6 Å². The first-order valence-electron chi connectivity index (χ1n) is 8.29. The van der Waals surface area contributed by atoms with Gasteiger partial charge in [0.25, 0.3) is 5.91 Å². The number of sulfonamides is 1. The second kappa shape index (κ2) is 7.73. The minimum atomic E-state index is -3.60. The van der Waals surface area contributed by atoms with Crippen LogP contribution in [0.3, 0.4) is 0 Å². The molecule has 0 aliphatic heterocycles. The number of nitrogens with zero attached hydrogens (tertiary/aromatic N) is 3. The summed E-state index contributed by atoms with van der Waals surface area (Å²) in [5.74, 6) is -0.268. The van der Waals surface area contributed by atoms with Crippen LogP contribution in [-0.4, -0.2) is 43.1 Å². The minimum Gasteiger partial charge on any atom is -0.337 e. The largest absolute Gasteiger partial charge is 0.337 e. The van der Waals surface area contributed by atoms with Gasteiger partial charge in [-0.15, -0.1) is 0 Å². The smallest absolute Gasteiger partial charge is 0.253 e. The first kappa shape index (κ1) is 18.8. The molecule has 3 rings (SSSR count). The Morgan fingerprint density at radius 2 is 1.89 bits per heavy atom. The topological polar surface area (TPSA) is 84.3 Å². The second-order valence-electron chi connectivity index (χ2n) is 6.03. The Morgan fingerprint density at radius 1 is 1.15 bits per heavy atom. The molecule has 0 saturated heterocycles. The lowest BCUT2D eigenvalue weighted by molar-refractivity contribution is 0.0785. The van der Waals surface area contributed by atoms with Crippen molar-refractivity contribution in [2.45, 2.75) is 11.4 Å². The fraction of sp³-hybridized carbons (Fsp3) is 0.158. The highest BCUT2D eigenvalue weighted by Crippen LogP contribution is 2.15. The molecule has 27 heavy (non-hydrogen) atoms. The van der Waals surface area contributed by atoms with E-state index in [1.165, 1.54) is 24.1 Å². The van der Waals surface area contributed by atoms with E-state index in [2.05, 4.69) is 9.82 Å². The van der Waals surface area contributed by atoms with Crippen molar-refractivity contribution in [1.29, 1.82) is 0 Å². The van der Waals surface area contributed by atoms with Crippen LogP contribution in [0.1, 0.15) is 15.9 Å². The Balaban J connectivity index is 1.75. The summed E-state index contributed by atoms with van der Waals surface area (Å²) in [4.78, 5) is 14.3. The quantitative estimate of drug-likeness (QED) is 0.705. The number of carbonyl (C=O) groups excluding carboxylic acids is 1. The minimum absolute atomic E-state index is 0.0566. The van der Waals surface area contributed by atoms with E-state index in [0.717, 1.165) is 11.3 Å². The maximum Gasteiger partial charge on any atom is 0.253 e. The lowest BCUT2D eigenvalue weighted by Gasteiger charge is -2.16. The van der Waals surface area contributed by atoms with Crippen molar-refractivity contribution >= 4 is 15.9 Å². The standard InChI is InChI=1S/C19H20N4O3S/c1-20-27(25,26)18-10-6-7-16(11-18)19(24)22(2)13-15-12-21-23(14-15)17-8-4-3-5-9-17/h3-12,14,20H,13H2,1-2H3. The van der Waals surface area contributed by atoms with Crippen LogP contribution < -0.4 is 4.72 Å². The maximum atomic E-state index is 12.7. The molecule has 1 heterocycles. The third-order valence-corrected chi connectivity index (χ3v) is 5.50. The number of hydrogen-bond acceptors (Lipinski definition) is 4. The molecule has 1 N–H and O–H groups in total. The number of carbonyl (C=O) groups is 1. The van der Waals surface area contributed by atoms with E-state index in [4.69, 9.17) is 0 Å². The molecule has 0 atom stereocenters. The number of para-hydroxylation sites is 1. The first-order valence-corrected chi connectivity index (χ1v) is 9.77. The summed E-state index contributed by atoms with van der Waals surface area (Å²) in [7, 11) is -0.598. The predicted molar refractivity (Wildman–Crippen MR) is 102 cm³/mol. The summed E-state index contributed by atoms with van der Waals surface area (Å²) in [6.45, 7) is 0.356. The van der Waals surface area contributed by atoms with Gasteiger partial charge < -0.3 is 4.90 Å². The molecule has 7 nitrogen and oxygen atoms in total. The van der Waals surface area contributed by atoms with Crippen LogP contribution in [0.15, 0.2) is 71.9 Å². The monoisotopic (exact) mass is 384 g/mol. The van der Waals surface area contributed by atoms with Crippen molar-refractivity contribution in [2.24, 2.45) is 0 Å². The third kappa shape index (κ3) is 4.24. The zero-order valence-corrected chi connectivity index (χ0v) is 15.8. The molecule has 0 radical (unpaired) electrons. The van der Waals surface area contributed by atoms with Gasteiger partial charge in [0.05, 0.1) is 16.8 Å². The molecule has 0 spiro atoms. The van der Waals surface area contributed by atoms with E-state index in [1.54, 1.807) is 30.1 Å². The van der Waals surface area contributed by atoms with Gasteiger partial charge in [-0.3, -0.25) is 4.79 Å². The van der Waals surface area contributed by atoms with E-state index in [0.29, 0.717) is 12.1 Å². The molecule has 0 unspecified atom stereocenters. The number of amides is 1. The van der Waals surface area contributed by atoms with E-state index >= 15 is 0 Å². The van der Waals surface area contributed by atoms with Crippen molar-refractivity contribution in [3.63, 3.8) is 0 Å². The van der Waals surface area contributed by atoms with Crippen LogP contribution in [0, 0.1) is 0 Å². The Morgan fingerprint density at radius 3 is 2.59 bits per heavy atom. The number of hydrogen-bond donors (Lipinski definition) is 1. The summed E-state index contributed by atoms with van der Waals surface area (Å²) < 4.78 is 27.8. The Hall–Kier alpha value is -2.97. The summed E-state index contributed by atoms with van der Waals surface area (Å²) in [6, 6.07) is 15.7. The van der Waals surface area contributed by atoms with Gasteiger partial charge in [0.1, 0.15) is 0 Å². The number of benzene rings is 2. The Kier molecular flexibility index (Phi) is 5.38. The number of rotatable bonds is 6. The van der Waals surface area contributed by atoms with Crippen LogP contribution in [0.4, 0.5) is 0 Å². The Labute approximate surface area is 158 Å². The van der Waals surface area contributed by atoms with Crippen molar-refractivity contribution in [3.05, 3.63) is 78.1 Å². The molecule has 0 aliphatic carbocycles. The van der Waals surface area contributed by atoms with Crippen molar-refractivity contribution < 1.29 is 13.2 Å². The summed E-state index contributed by atoms with van der Waals surface area (Å²) in [6.07, 6.45) is 3.57. The molecular weight excluding hydrogens is 364 g/mol. The van der Waals surface area contributed by atoms with E-state index in [-0.39, 0.29) is 10.8 Å². The van der Waals surface area contributed by atoms with Gasteiger partial charge in [0.2, 0.25) is 10.0 Å². The van der Waals surface area contributed by atoms with Gasteiger partial charge in [-0.25, -0.2) is 17.8 Å². The van der Waals surface area contributed by atoms with Gasteiger partial charge in [-0.05, 0) is 37.4 Å². The van der Waals surface area contributed by atoms with Gasteiger partial charge in [0.15, 0.2) is 0 Å². The maximum absolute atomic E-state index is 12.7. The fourth-order valence-corrected chi connectivity index (χ4v) is 3.42. The molecule has 2 aromatic carbocycles. The van der Waals surface area contributed by atoms with Crippen LogP contribution in [0.5, 0.6) is 0 Å². The van der Waals surface area contributed by atoms with Gasteiger partial charge in [-0.2, -0.15) is 5.10 Å². The van der Waals surface area contributed by atoms with Crippen molar-refractivity contribution in [1.82, 2.24) is 19.4 Å². The molecule has 1 aromatic heterocycles. The molecule has 8 heteroatoms. The molecule has 140 valence electrons. The second-order valence-corrected chi connectivity index (χ2v) is 7.91. The molecule has 3 aromatic rings. The Bertz CT molecular complexity index is 1050. The van der Waals surface area contributed by atoms with Gasteiger partial charge in [0, 0.05) is 30.9 Å². The zero-order valence-electron chi connectivity index (χ0n) is 15.0. The molecule has 0 fully saturated rings. The van der Waals surface area contributed by atoms with E-state index in [1.807, 2.05) is 36.5 Å². The molecular formula is C19H20N4O3S. The predicted octanol–water partition coefficient (Wildman–Crippen LogP) is 2.05. The molecule has 0 aliphatic rings. The van der Waals surface area contributed by atoms with Crippen molar-refractivity contribution in [3.8, 4) is 5.69 Å². The van der Waals surface area contributed by atoms with Crippen molar-refractivity contribution in [2.75, 3.05) is 14.1 Å². The number of aromatic nitrogens is 2. The lowest BCUT2D eigenvalue weighted by atomic mass is 10.2.